The largest absolute Gasteiger partial charge is 0.490 e. The molecule has 4 rings (SSSR count). The van der Waals surface area contributed by atoms with Gasteiger partial charge in [-0.25, -0.2) is 0 Å². The van der Waals surface area contributed by atoms with Crippen LogP contribution in [0.5, 0.6) is 11.5 Å². The molecule has 3 aromatic rings. The minimum Gasteiger partial charge on any atom is -0.490 e. The molecular weight excluding hydrogens is 492 g/mol. The number of para-hydroxylation sites is 1. The molecule has 0 saturated carbocycles. The van der Waals surface area contributed by atoms with E-state index in [9.17, 15) is 9.59 Å². The molecule has 1 aliphatic rings. The van der Waals surface area contributed by atoms with Crippen LogP contribution in [0.25, 0.3) is 6.08 Å². The van der Waals surface area contributed by atoms with Crippen LogP contribution in [0.2, 0.25) is 0 Å². The predicted octanol–water partition coefficient (Wildman–Crippen LogP) is 6.13. The lowest BCUT2D eigenvalue weighted by Gasteiger charge is -2.15. The second kappa shape index (κ2) is 11.4. The lowest BCUT2D eigenvalue weighted by molar-refractivity contribution is -0.118. The number of anilines is 2. The van der Waals surface area contributed by atoms with Crippen molar-refractivity contribution in [3.8, 4) is 11.5 Å². The fourth-order valence-electron chi connectivity index (χ4n) is 3.65. The number of amides is 2. The Morgan fingerprint density at radius 1 is 1.03 bits per heavy atom. The van der Waals surface area contributed by atoms with E-state index in [4.69, 9.17) is 21.7 Å². The first kappa shape index (κ1) is 25.5. The van der Waals surface area contributed by atoms with Crippen molar-refractivity contribution in [1.29, 1.82) is 0 Å². The number of thiocarbonyl (C=S) groups is 1. The van der Waals surface area contributed by atoms with Crippen molar-refractivity contribution < 1.29 is 19.1 Å². The number of nitrogens with zero attached hydrogens (tertiary/aromatic N) is 1. The molecule has 0 aliphatic carbocycles. The zero-order valence-corrected chi connectivity index (χ0v) is 21.9. The summed E-state index contributed by atoms with van der Waals surface area (Å²) in [5.41, 5.74) is 4.28. The van der Waals surface area contributed by atoms with Gasteiger partial charge in [0.15, 0.2) is 22.4 Å². The Morgan fingerprint density at radius 3 is 2.58 bits per heavy atom. The average molecular weight is 519 g/mol. The summed E-state index contributed by atoms with van der Waals surface area (Å²) in [6.45, 7) is 6.03. The fourth-order valence-corrected chi connectivity index (χ4v) is 4.95. The van der Waals surface area contributed by atoms with Gasteiger partial charge in [-0.1, -0.05) is 60.4 Å². The number of rotatable bonds is 8. The van der Waals surface area contributed by atoms with Crippen molar-refractivity contribution in [1.82, 2.24) is 0 Å². The van der Waals surface area contributed by atoms with E-state index in [1.165, 1.54) is 11.8 Å². The van der Waals surface area contributed by atoms with E-state index in [0.717, 1.165) is 28.1 Å². The van der Waals surface area contributed by atoms with Crippen molar-refractivity contribution in [3.05, 3.63) is 88.3 Å². The fraction of sp³-hybridized carbons (Fsp3) is 0.179. The van der Waals surface area contributed by atoms with Gasteiger partial charge in [-0.05, 0) is 73.9 Å². The molecule has 1 aliphatic heterocycles. The first-order chi connectivity index (χ1) is 17.4. The van der Waals surface area contributed by atoms with Crippen LogP contribution >= 0.6 is 24.0 Å². The van der Waals surface area contributed by atoms with Crippen LogP contribution in [0.4, 0.5) is 11.4 Å². The Hall–Kier alpha value is -3.62. The number of hydrogen-bond donors (Lipinski definition) is 1. The Morgan fingerprint density at radius 2 is 1.83 bits per heavy atom. The lowest BCUT2D eigenvalue weighted by Crippen LogP contribution is -2.27. The van der Waals surface area contributed by atoms with E-state index in [-0.39, 0.29) is 18.4 Å². The van der Waals surface area contributed by atoms with E-state index in [1.54, 1.807) is 23.1 Å². The van der Waals surface area contributed by atoms with Crippen molar-refractivity contribution in [2.45, 2.75) is 20.8 Å². The third kappa shape index (κ3) is 5.95. The Kier molecular flexibility index (Phi) is 8.07. The van der Waals surface area contributed by atoms with E-state index >= 15 is 0 Å². The first-order valence-electron chi connectivity index (χ1n) is 11.5. The predicted molar refractivity (Wildman–Crippen MR) is 150 cm³/mol. The van der Waals surface area contributed by atoms with Gasteiger partial charge in [-0.15, -0.1) is 0 Å². The summed E-state index contributed by atoms with van der Waals surface area (Å²) in [4.78, 5) is 27.6. The molecule has 0 radical (unpaired) electrons. The quantitative estimate of drug-likeness (QED) is 0.286. The van der Waals surface area contributed by atoms with Crippen LogP contribution in [-0.4, -0.2) is 29.3 Å². The van der Waals surface area contributed by atoms with Gasteiger partial charge in [0.2, 0.25) is 0 Å². The highest BCUT2D eigenvalue weighted by Crippen LogP contribution is 2.37. The normalized spacial score (nSPS) is 14.3. The molecule has 1 N–H and O–H groups in total. The first-order valence-corrected chi connectivity index (χ1v) is 12.7. The third-order valence-electron chi connectivity index (χ3n) is 5.40. The molecule has 0 unspecified atom stereocenters. The number of ether oxygens (including phenoxy) is 2. The van der Waals surface area contributed by atoms with Crippen molar-refractivity contribution >= 4 is 57.6 Å². The number of carbonyl (C=O) groups is 2. The summed E-state index contributed by atoms with van der Waals surface area (Å²) in [5.74, 6) is 0.503. The minimum absolute atomic E-state index is 0.164. The topological polar surface area (TPSA) is 67.9 Å². The molecule has 8 heteroatoms. The number of nitrogens with one attached hydrogen (secondary N) is 1. The van der Waals surface area contributed by atoms with Gasteiger partial charge in [-0.3, -0.25) is 14.5 Å². The Bertz CT molecular complexity index is 1350. The van der Waals surface area contributed by atoms with E-state index < -0.39 is 0 Å². The monoisotopic (exact) mass is 518 g/mol. The number of aryl methyl sites for hydroxylation is 2. The molecule has 0 spiro atoms. The van der Waals surface area contributed by atoms with Gasteiger partial charge >= 0.3 is 0 Å². The lowest BCUT2D eigenvalue weighted by atomic mass is 10.1. The smallest absolute Gasteiger partial charge is 0.270 e. The van der Waals surface area contributed by atoms with Crippen LogP contribution in [0, 0.1) is 13.8 Å². The Balaban J connectivity index is 1.48. The van der Waals surface area contributed by atoms with E-state index in [1.807, 2.05) is 75.4 Å². The SMILES string of the molecule is CCOc1cc(/C=C2\SC(=S)N(c3cccc(C)c3)C2=O)ccc1OCC(=O)Nc1ccccc1C. The van der Waals surface area contributed by atoms with Crippen LogP contribution in [0.1, 0.15) is 23.6 Å². The standard InChI is InChI=1S/C28H26N2O4S2/c1-4-33-24-15-20(12-13-23(24)34-17-26(31)29-22-11-6-5-9-19(22)3)16-25-27(32)30(28(35)36-25)21-10-7-8-18(2)14-21/h5-16H,4,17H2,1-3H3,(H,29,31)/b25-16-. The van der Waals surface area contributed by atoms with Crippen molar-refractivity contribution in [3.63, 3.8) is 0 Å². The minimum atomic E-state index is -0.268. The molecule has 3 aromatic carbocycles. The molecular formula is C28H26N2O4S2. The van der Waals surface area contributed by atoms with Crippen LogP contribution in [0.15, 0.2) is 71.6 Å². The van der Waals surface area contributed by atoms with Crippen LogP contribution < -0.4 is 19.7 Å². The zero-order chi connectivity index (χ0) is 25.7. The number of hydrogen-bond acceptors (Lipinski definition) is 6. The summed E-state index contributed by atoms with van der Waals surface area (Å²) >= 11 is 6.74. The van der Waals surface area contributed by atoms with Gasteiger partial charge in [-0.2, -0.15) is 0 Å². The maximum Gasteiger partial charge on any atom is 0.270 e. The van der Waals surface area contributed by atoms with Gasteiger partial charge in [0.25, 0.3) is 11.8 Å². The maximum atomic E-state index is 13.1. The second-order valence-corrected chi connectivity index (χ2v) is 9.82. The van der Waals surface area contributed by atoms with Gasteiger partial charge in [0.05, 0.1) is 17.2 Å². The number of benzene rings is 3. The highest BCUT2D eigenvalue weighted by Gasteiger charge is 2.33. The van der Waals surface area contributed by atoms with Crippen molar-refractivity contribution in [2.24, 2.45) is 0 Å². The van der Waals surface area contributed by atoms with Gasteiger partial charge in [0, 0.05) is 5.69 Å². The number of carbonyl (C=O) groups excluding carboxylic acids is 2. The van der Waals surface area contributed by atoms with Gasteiger partial charge in [0.1, 0.15) is 0 Å². The average Bonchev–Trinajstić information content (AvgIpc) is 3.12. The molecule has 6 nitrogen and oxygen atoms in total. The Labute approximate surface area is 220 Å². The summed E-state index contributed by atoms with van der Waals surface area (Å²) in [7, 11) is 0. The highest BCUT2D eigenvalue weighted by atomic mass is 32.2. The van der Waals surface area contributed by atoms with Crippen LogP contribution in [0.3, 0.4) is 0 Å². The molecule has 36 heavy (non-hydrogen) atoms. The number of thioether (sulfide) groups is 1. The molecule has 0 bridgehead atoms. The maximum absolute atomic E-state index is 13.1. The van der Waals surface area contributed by atoms with E-state index in [0.29, 0.717) is 27.3 Å². The molecule has 0 atom stereocenters. The highest BCUT2D eigenvalue weighted by molar-refractivity contribution is 8.27. The third-order valence-corrected chi connectivity index (χ3v) is 6.70. The zero-order valence-electron chi connectivity index (χ0n) is 20.2. The molecule has 0 aromatic heterocycles. The molecule has 1 fully saturated rings. The summed E-state index contributed by atoms with van der Waals surface area (Å²) in [6.07, 6.45) is 1.78. The molecule has 1 saturated heterocycles. The summed E-state index contributed by atoms with van der Waals surface area (Å²) < 4.78 is 12.0. The molecule has 184 valence electrons. The summed E-state index contributed by atoms with van der Waals surface area (Å²) in [6, 6.07) is 20.6. The van der Waals surface area contributed by atoms with Crippen molar-refractivity contribution in [2.75, 3.05) is 23.4 Å². The molecule has 1 heterocycles. The second-order valence-electron chi connectivity index (χ2n) is 8.15. The summed E-state index contributed by atoms with van der Waals surface area (Å²) in [5, 5.41) is 2.85. The van der Waals surface area contributed by atoms with Gasteiger partial charge < -0.3 is 14.8 Å². The van der Waals surface area contributed by atoms with E-state index in [2.05, 4.69) is 5.32 Å². The molecule has 2 amide bonds. The van der Waals surface area contributed by atoms with Crippen LogP contribution in [-0.2, 0) is 9.59 Å².